The molecule has 34 heavy (non-hydrogen) atoms. The van der Waals surface area contributed by atoms with Gasteiger partial charge in [-0.2, -0.15) is 4.31 Å². The summed E-state index contributed by atoms with van der Waals surface area (Å²) in [7, 11) is -1.95. The number of nitrogens with one attached hydrogen (secondary N) is 1. The summed E-state index contributed by atoms with van der Waals surface area (Å²) in [5.41, 5.74) is 3.40. The van der Waals surface area contributed by atoms with Gasteiger partial charge in [0.15, 0.2) is 0 Å². The van der Waals surface area contributed by atoms with E-state index in [1.165, 1.54) is 21.1 Å². The molecule has 5 rings (SSSR count). The lowest BCUT2D eigenvalue weighted by atomic mass is 10.1. The van der Waals surface area contributed by atoms with Crippen LogP contribution in [0.3, 0.4) is 0 Å². The number of benzene rings is 2. The van der Waals surface area contributed by atoms with E-state index >= 15 is 0 Å². The number of aromatic nitrogens is 1. The Morgan fingerprint density at radius 2 is 1.65 bits per heavy atom. The first-order valence-electron chi connectivity index (χ1n) is 11.3. The summed E-state index contributed by atoms with van der Waals surface area (Å²) < 4.78 is 28.6. The number of sulfonamides is 1. The maximum absolute atomic E-state index is 13.0. The molecule has 2 amide bonds. The first-order chi connectivity index (χ1) is 16.3. The molecule has 0 aliphatic carbocycles. The van der Waals surface area contributed by atoms with E-state index in [1.54, 1.807) is 36.2 Å². The lowest BCUT2D eigenvalue weighted by Gasteiger charge is -2.17. The molecule has 176 valence electrons. The summed E-state index contributed by atoms with van der Waals surface area (Å²) in [6.45, 7) is 1.66. The Kier molecular flexibility index (Phi) is 5.75. The fraction of sp³-hybridized carbons (Fsp3) is 0.280. The minimum Gasteiger partial charge on any atom is -0.345 e. The Hall–Kier alpha value is -3.43. The van der Waals surface area contributed by atoms with Gasteiger partial charge in [-0.05, 0) is 61.2 Å². The van der Waals surface area contributed by atoms with E-state index in [1.807, 2.05) is 24.3 Å². The molecule has 2 aromatic carbocycles. The number of para-hydroxylation sites is 1. The zero-order valence-electron chi connectivity index (χ0n) is 18.9. The molecule has 1 N–H and O–H groups in total. The van der Waals surface area contributed by atoms with E-state index in [0.29, 0.717) is 30.9 Å². The van der Waals surface area contributed by atoms with Crippen LogP contribution in [0.2, 0.25) is 0 Å². The van der Waals surface area contributed by atoms with Gasteiger partial charge in [0.05, 0.1) is 0 Å². The molecule has 9 heteroatoms. The van der Waals surface area contributed by atoms with E-state index in [2.05, 4.69) is 5.32 Å². The van der Waals surface area contributed by atoms with Gasteiger partial charge in [-0.25, -0.2) is 8.42 Å². The van der Waals surface area contributed by atoms with Crippen LogP contribution in [0.4, 0.5) is 11.4 Å². The van der Waals surface area contributed by atoms with E-state index < -0.39 is 15.9 Å². The first kappa shape index (κ1) is 22.4. The molecule has 1 saturated heterocycles. The molecule has 0 radical (unpaired) electrons. The fourth-order valence-corrected chi connectivity index (χ4v) is 6.16. The van der Waals surface area contributed by atoms with Gasteiger partial charge in [-0.3, -0.25) is 9.59 Å². The number of aryl methyl sites for hydroxylation is 1. The number of amides is 2. The van der Waals surface area contributed by atoms with Crippen LogP contribution in [0.5, 0.6) is 0 Å². The highest BCUT2D eigenvalue weighted by atomic mass is 32.2. The lowest BCUT2D eigenvalue weighted by Crippen LogP contribution is -2.28. The Morgan fingerprint density at radius 3 is 2.38 bits per heavy atom. The second-order valence-electron chi connectivity index (χ2n) is 8.65. The Balaban J connectivity index is 1.29. The van der Waals surface area contributed by atoms with Crippen molar-refractivity contribution in [3.05, 3.63) is 77.6 Å². The molecule has 0 atom stereocenters. The monoisotopic (exact) mass is 478 g/mol. The van der Waals surface area contributed by atoms with Gasteiger partial charge in [-0.1, -0.05) is 18.2 Å². The van der Waals surface area contributed by atoms with Crippen LogP contribution in [-0.4, -0.2) is 48.7 Å². The fourth-order valence-electron chi connectivity index (χ4n) is 4.57. The summed E-state index contributed by atoms with van der Waals surface area (Å²) in [5.74, 6) is -0.500. The highest BCUT2D eigenvalue weighted by molar-refractivity contribution is 7.89. The number of anilines is 2. The number of nitrogens with zero attached hydrogens (tertiary/aromatic N) is 3. The summed E-state index contributed by atoms with van der Waals surface area (Å²) in [5, 5.41) is 2.79. The third kappa shape index (κ3) is 4.01. The van der Waals surface area contributed by atoms with E-state index in [9.17, 15) is 18.0 Å². The molecule has 1 aromatic heterocycles. The van der Waals surface area contributed by atoms with Crippen LogP contribution in [0.15, 0.2) is 65.7 Å². The quantitative estimate of drug-likeness (QED) is 0.609. The Labute approximate surface area is 198 Å². The SMILES string of the molecule is Cn1cc(S(=O)(=O)N2CCCC2)cc1C(=O)Nc1ccc(C(=O)N2CCc3ccccc32)cc1. The third-order valence-corrected chi connectivity index (χ3v) is 8.30. The van der Waals surface area contributed by atoms with Crippen molar-refractivity contribution in [1.29, 1.82) is 0 Å². The number of carbonyl (C=O) groups excluding carboxylic acids is 2. The molecule has 2 aliphatic rings. The van der Waals surface area contributed by atoms with Crippen molar-refractivity contribution in [3.8, 4) is 0 Å². The number of carbonyl (C=O) groups is 2. The highest BCUT2D eigenvalue weighted by Gasteiger charge is 2.29. The molecule has 3 aromatic rings. The molecule has 1 fully saturated rings. The van der Waals surface area contributed by atoms with Crippen LogP contribution >= 0.6 is 0 Å². The van der Waals surface area contributed by atoms with Crippen LogP contribution in [0, 0.1) is 0 Å². The number of hydrogen-bond acceptors (Lipinski definition) is 4. The van der Waals surface area contributed by atoms with Gasteiger partial charge in [-0.15, -0.1) is 0 Å². The number of rotatable bonds is 5. The molecule has 0 unspecified atom stereocenters. The molecular formula is C25H26N4O4S. The van der Waals surface area contributed by atoms with Crippen molar-refractivity contribution in [2.24, 2.45) is 7.05 Å². The van der Waals surface area contributed by atoms with Crippen LogP contribution in [-0.2, 0) is 23.5 Å². The molecule has 0 spiro atoms. The summed E-state index contributed by atoms with van der Waals surface area (Å²) >= 11 is 0. The Morgan fingerprint density at radius 1 is 0.941 bits per heavy atom. The van der Waals surface area contributed by atoms with E-state index in [-0.39, 0.29) is 16.5 Å². The molecule has 8 nitrogen and oxygen atoms in total. The van der Waals surface area contributed by atoms with Gasteiger partial charge in [0.1, 0.15) is 10.6 Å². The molecule has 0 bridgehead atoms. The predicted octanol–water partition coefficient (Wildman–Crippen LogP) is 3.26. The van der Waals surface area contributed by atoms with Crippen molar-refractivity contribution >= 4 is 33.2 Å². The maximum Gasteiger partial charge on any atom is 0.272 e. The molecule has 2 aliphatic heterocycles. The molecule has 0 saturated carbocycles. The average molecular weight is 479 g/mol. The van der Waals surface area contributed by atoms with Crippen molar-refractivity contribution in [2.75, 3.05) is 29.9 Å². The second kappa shape index (κ2) is 8.73. The van der Waals surface area contributed by atoms with Gasteiger partial charge >= 0.3 is 0 Å². The maximum atomic E-state index is 13.0. The van der Waals surface area contributed by atoms with Crippen LogP contribution in [0.1, 0.15) is 39.3 Å². The second-order valence-corrected chi connectivity index (χ2v) is 10.6. The summed E-state index contributed by atoms with van der Waals surface area (Å²) in [6, 6.07) is 16.0. The van der Waals surface area contributed by atoms with E-state index in [4.69, 9.17) is 0 Å². The molecule has 3 heterocycles. The predicted molar refractivity (Wildman–Crippen MR) is 130 cm³/mol. The van der Waals surface area contributed by atoms with Gasteiger partial charge in [0.2, 0.25) is 10.0 Å². The van der Waals surface area contributed by atoms with Crippen molar-refractivity contribution in [1.82, 2.24) is 8.87 Å². The minimum atomic E-state index is -3.60. The topological polar surface area (TPSA) is 91.7 Å². The average Bonchev–Trinajstić information content (AvgIpc) is 3.59. The van der Waals surface area contributed by atoms with Gasteiger partial charge < -0.3 is 14.8 Å². The number of fused-ring (bicyclic) bond motifs is 1. The molecular weight excluding hydrogens is 452 g/mol. The van der Waals surface area contributed by atoms with E-state index in [0.717, 1.165) is 30.5 Å². The standard InChI is InChI=1S/C25H26N4O4S/c1-27-17-21(34(32,33)28-13-4-5-14-28)16-23(27)24(30)26-20-10-8-19(9-11-20)25(31)29-15-12-18-6-2-3-7-22(18)29/h2-3,6-11,16-17H,4-5,12-15H2,1H3,(H,26,30). The summed E-state index contributed by atoms with van der Waals surface area (Å²) in [6.07, 6.45) is 4.00. The largest absolute Gasteiger partial charge is 0.345 e. The number of hydrogen-bond donors (Lipinski definition) is 1. The minimum absolute atomic E-state index is 0.0815. The van der Waals surface area contributed by atoms with Gasteiger partial charge in [0.25, 0.3) is 11.8 Å². The van der Waals surface area contributed by atoms with Crippen LogP contribution in [0.25, 0.3) is 0 Å². The van der Waals surface area contributed by atoms with Crippen molar-refractivity contribution in [3.63, 3.8) is 0 Å². The highest BCUT2D eigenvalue weighted by Crippen LogP contribution is 2.29. The third-order valence-electron chi connectivity index (χ3n) is 6.44. The van der Waals surface area contributed by atoms with Crippen molar-refractivity contribution in [2.45, 2.75) is 24.2 Å². The van der Waals surface area contributed by atoms with Crippen molar-refractivity contribution < 1.29 is 18.0 Å². The van der Waals surface area contributed by atoms with Gasteiger partial charge in [0, 0.05) is 49.8 Å². The zero-order valence-corrected chi connectivity index (χ0v) is 19.7. The smallest absolute Gasteiger partial charge is 0.272 e. The first-order valence-corrected chi connectivity index (χ1v) is 12.8. The van der Waals surface area contributed by atoms with Crippen LogP contribution < -0.4 is 10.2 Å². The lowest BCUT2D eigenvalue weighted by molar-refractivity contribution is 0.0987. The zero-order chi connectivity index (χ0) is 23.9. The Bertz CT molecular complexity index is 1360. The summed E-state index contributed by atoms with van der Waals surface area (Å²) in [4.78, 5) is 27.7. The normalized spacial score (nSPS) is 16.0.